The average Bonchev–Trinajstić information content (AvgIpc) is 2.34. The van der Waals surface area contributed by atoms with Crippen LogP contribution in [0.15, 0.2) is 4.60 Å². The molecule has 1 aromatic rings. The molecule has 74 valence electrons. The van der Waals surface area contributed by atoms with Crippen molar-refractivity contribution in [1.29, 1.82) is 0 Å². The van der Waals surface area contributed by atoms with Crippen molar-refractivity contribution in [3.8, 4) is 0 Å². The molecule has 13 heavy (non-hydrogen) atoms. The third kappa shape index (κ3) is 3.08. The first-order chi connectivity index (χ1) is 6.11. The van der Waals surface area contributed by atoms with Crippen molar-refractivity contribution in [2.24, 2.45) is 7.05 Å². The van der Waals surface area contributed by atoms with Gasteiger partial charge in [-0.25, -0.2) is 0 Å². The number of hydrogen-bond acceptors (Lipinski definition) is 3. The molecule has 0 atom stereocenters. The number of aryl methyl sites for hydroxylation is 1. The van der Waals surface area contributed by atoms with Crippen LogP contribution in [0.25, 0.3) is 0 Å². The fraction of sp³-hybridized carbons (Fsp3) is 0.750. The molecular weight excluding hydrogens is 232 g/mol. The maximum Gasteiger partial charge on any atom is 0.151 e. The predicted molar refractivity (Wildman–Crippen MR) is 55.5 cm³/mol. The molecular formula is C8H15BrN4. The second-order valence-corrected chi connectivity index (χ2v) is 4.06. The molecule has 1 N–H and O–H groups in total. The number of nitrogens with one attached hydrogen (secondary N) is 1. The van der Waals surface area contributed by atoms with Crippen molar-refractivity contribution in [3.63, 3.8) is 0 Å². The number of aromatic nitrogens is 3. The molecule has 0 aliphatic heterocycles. The smallest absolute Gasteiger partial charge is 0.151 e. The summed E-state index contributed by atoms with van der Waals surface area (Å²) in [5, 5.41) is 11.2. The Labute approximate surface area is 86.8 Å². The van der Waals surface area contributed by atoms with E-state index in [-0.39, 0.29) is 0 Å². The summed E-state index contributed by atoms with van der Waals surface area (Å²) in [6.07, 6.45) is 0.947. The first-order valence-corrected chi connectivity index (χ1v) is 5.18. The highest BCUT2D eigenvalue weighted by Gasteiger charge is 2.06. The van der Waals surface area contributed by atoms with Crippen LogP contribution in [-0.2, 0) is 13.5 Å². The van der Waals surface area contributed by atoms with Gasteiger partial charge >= 0.3 is 0 Å². The minimum absolute atomic E-state index is 0.528. The monoisotopic (exact) mass is 246 g/mol. The third-order valence-corrected chi connectivity index (χ3v) is 2.43. The minimum atomic E-state index is 0.528. The Kier molecular flexibility index (Phi) is 3.87. The lowest BCUT2D eigenvalue weighted by Crippen LogP contribution is -2.25. The SMILES string of the molecule is CC(C)NCCc1c(Br)nnn1C. The number of halogens is 1. The normalized spacial score (nSPS) is 11.2. The molecule has 0 fully saturated rings. The molecule has 0 unspecified atom stereocenters. The van der Waals surface area contributed by atoms with E-state index in [9.17, 15) is 0 Å². The number of rotatable bonds is 4. The molecule has 5 heteroatoms. The lowest BCUT2D eigenvalue weighted by Gasteiger charge is -2.07. The van der Waals surface area contributed by atoms with E-state index < -0.39 is 0 Å². The fourth-order valence-corrected chi connectivity index (χ4v) is 1.62. The van der Waals surface area contributed by atoms with E-state index in [4.69, 9.17) is 0 Å². The van der Waals surface area contributed by atoms with E-state index in [2.05, 4.69) is 45.4 Å². The van der Waals surface area contributed by atoms with Gasteiger partial charge in [0.1, 0.15) is 0 Å². The maximum absolute atomic E-state index is 3.92. The van der Waals surface area contributed by atoms with Crippen LogP contribution in [-0.4, -0.2) is 27.6 Å². The molecule has 1 rings (SSSR count). The van der Waals surface area contributed by atoms with Crippen LogP contribution in [0, 0.1) is 0 Å². The number of hydrogen-bond donors (Lipinski definition) is 1. The van der Waals surface area contributed by atoms with E-state index in [0.717, 1.165) is 23.3 Å². The van der Waals surface area contributed by atoms with Gasteiger partial charge in [-0.15, -0.1) is 5.10 Å². The minimum Gasteiger partial charge on any atom is -0.314 e. The zero-order valence-corrected chi connectivity index (χ0v) is 9.80. The van der Waals surface area contributed by atoms with Gasteiger partial charge in [0.25, 0.3) is 0 Å². The summed E-state index contributed by atoms with van der Waals surface area (Å²) in [5.41, 5.74) is 1.13. The fourth-order valence-electron chi connectivity index (χ4n) is 1.10. The maximum atomic E-state index is 3.92. The van der Waals surface area contributed by atoms with Crippen molar-refractivity contribution in [2.45, 2.75) is 26.3 Å². The summed E-state index contributed by atoms with van der Waals surface area (Å²) in [6, 6.07) is 0.528. The zero-order chi connectivity index (χ0) is 9.84. The highest BCUT2D eigenvalue weighted by atomic mass is 79.9. The van der Waals surface area contributed by atoms with Crippen molar-refractivity contribution in [1.82, 2.24) is 20.3 Å². The summed E-state index contributed by atoms with van der Waals surface area (Å²) in [5.74, 6) is 0. The predicted octanol–water partition coefficient (Wildman–Crippen LogP) is 1.12. The third-order valence-electron chi connectivity index (χ3n) is 1.81. The molecule has 1 aromatic heterocycles. The molecule has 0 amide bonds. The zero-order valence-electron chi connectivity index (χ0n) is 8.21. The second kappa shape index (κ2) is 4.72. The van der Waals surface area contributed by atoms with Gasteiger partial charge in [-0.1, -0.05) is 19.1 Å². The van der Waals surface area contributed by atoms with Gasteiger partial charge in [-0.05, 0) is 15.9 Å². The average molecular weight is 247 g/mol. The number of nitrogens with zero attached hydrogens (tertiary/aromatic N) is 3. The lowest BCUT2D eigenvalue weighted by atomic mass is 10.3. The topological polar surface area (TPSA) is 42.7 Å². The van der Waals surface area contributed by atoms with E-state index in [0.29, 0.717) is 6.04 Å². The van der Waals surface area contributed by atoms with Crippen molar-refractivity contribution < 1.29 is 0 Å². The van der Waals surface area contributed by atoms with Gasteiger partial charge < -0.3 is 5.32 Å². The Morgan fingerprint density at radius 2 is 2.23 bits per heavy atom. The Balaban J connectivity index is 2.44. The van der Waals surface area contributed by atoms with Crippen molar-refractivity contribution in [3.05, 3.63) is 10.3 Å². The lowest BCUT2D eigenvalue weighted by molar-refractivity contribution is 0.573. The summed E-state index contributed by atoms with van der Waals surface area (Å²) >= 11 is 3.36. The second-order valence-electron chi connectivity index (χ2n) is 3.31. The highest BCUT2D eigenvalue weighted by Crippen LogP contribution is 2.11. The van der Waals surface area contributed by atoms with Crippen LogP contribution in [0.5, 0.6) is 0 Å². The molecule has 0 spiro atoms. The molecule has 0 bridgehead atoms. The van der Waals surface area contributed by atoms with Gasteiger partial charge in [-0.2, -0.15) is 0 Å². The van der Waals surface area contributed by atoms with Crippen LogP contribution in [0.1, 0.15) is 19.5 Å². The van der Waals surface area contributed by atoms with Gasteiger partial charge in [0.2, 0.25) is 0 Å². The highest BCUT2D eigenvalue weighted by molar-refractivity contribution is 9.10. The quantitative estimate of drug-likeness (QED) is 0.866. The summed E-state index contributed by atoms with van der Waals surface area (Å²) in [4.78, 5) is 0. The Morgan fingerprint density at radius 3 is 2.69 bits per heavy atom. The van der Waals surface area contributed by atoms with E-state index in [1.165, 1.54) is 0 Å². The molecule has 4 nitrogen and oxygen atoms in total. The van der Waals surface area contributed by atoms with Gasteiger partial charge in [-0.3, -0.25) is 4.68 Å². The summed E-state index contributed by atoms with van der Waals surface area (Å²) < 4.78 is 2.65. The van der Waals surface area contributed by atoms with Crippen LogP contribution in [0.4, 0.5) is 0 Å². The molecule has 0 aliphatic carbocycles. The molecule has 0 saturated carbocycles. The first kappa shape index (κ1) is 10.7. The first-order valence-electron chi connectivity index (χ1n) is 4.38. The van der Waals surface area contributed by atoms with E-state index >= 15 is 0 Å². The van der Waals surface area contributed by atoms with Crippen LogP contribution in [0.2, 0.25) is 0 Å². The molecule has 0 saturated heterocycles. The van der Waals surface area contributed by atoms with Gasteiger partial charge in [0.05, 0.1) is 5.69 Å². The van der Waals surface area contributed by atoms with Crippen LogP contribution < -0.4 is 5.32 Å². The standard InChI is InChI=1S/C8H15BrN4/c1-6(2)10-5-4-7-8(9)11-12-13(7)3/h6,10H,4-5H2,1-3H3. The van der Waals surface area contributed by atoms with Gasteiger partial charge in [0.15, 0.2) is 4.60 Å². The van der Waals surface area contributed by atoms with Crippen LogP contribution in [0.3, 0.4) is 0 Å². The van der Waals surface area contributed by atoms with E-state index in [1.54, 1.807) is 4.68 Å². The molecule has 1 heterocycles. The summed E-state index contributed by atoms with van der Waals surface area (Å²) in [6.45, 7) is 5.23. The van der Waals surface area contributed by atoms with Crippen molar-refractivity contribution in [2.75, 3.05) is 6.54 Å². The van der Waals surface area contributed by atoms with Crippen molar-refractivity contribution >= 4 is 15.9 Å². The molecule has 0 aromatic carbocycles. The summed E-state index contributed by atoms with van der Waals surface area (Å²) in [7, 11) is 1.91. The molecule has 0 radical (unpaired) electrons. The van der Waals surface area contributed by atoms with E-state index in [1.807, 2.05) is 7.05 Å². The molecule has 0 aliphatic rings. The van der Waals surface area contributed by atoms with Crippen LogP contribution >= 0.6 is 15.9 Å². The van der Waals surface area contributed by atoms with Gasteiger partial charge in [0, 0.05) is 26.1 Å². The largest absolute Gasteiger partial charge is 0.314 e. The Bertz CT molecular complexity index is 250. The Hall–Kier alpha value is -0.420. The Morgan fingerprint density at radius 1 is 1.54 bits per heavy atom.